The minimum absolute atomic E-state index is 0.206. The maximum Gasteiger partial charge on any atom is 0.306 e. The van der Waals surface area contributed by atoms with Crippen LogP contribution < -0.4 is 5.32 Å². The van der Waals surface area contributed by atoms with Crippen LogP contribution in [0.2, 0.25) is 0 Å². The zero-order valence-corrected chi connectivity index (χ0v) is 7.42. The van der Waals surface area contributed by atoms with Crippen molar-refractivity contribution in [1.29, 1.82) is 0 Å². The van der Waals surface area contributed by atoms with Crippen LogP contribution >= 0.6 is 0 Å². The summed E-state index contributed by atoms with van der Waals surface area (Å²) in [5.74, 6) is -0.668. The smallest absolute Gasteiger partial charge is 0.306 e. The fraction of sp³-hybridized carbons (Fsp3) is 0.875. The van der Waals surface area contributed by atoms with E-state index in [4.69, 9.17) is 5.11 Å². The van der Waals surface area contributed by atoms with Crippen molar-refractivity contribution in [2.75, 3.05) is 13.6 Å². The van der Waals surface area contributed by atoms with Crippen molar-refractivity contribution in [1.82, 2.24) is 5.32 Å². The van der Waals surface area contributed by atoms with Gasteiger partial charge in [0.15, 0.2) is 0 Å². The molecule has 0 saturated carbocycles. The van der Waals surface area contributed by atoms with E-state index in [-0.39, 0.29) is 11.8 Å². The molecule has 0 aromatic carbocycles. The average molecular weight is 159 g/mol. The molecular formula is C8H17NO2. The monoisotopic (exact) mass is 159 g/mol. The van der Waals surface area contributed by atoms with E-state index in [1.165, 1.54) is 0 Å². The van der Waals surface area contributed by atoms with Gasteiger partial charge in [-0.3, -0.25) is 4.79 Å². The van der Waals surface area contributed by atoms with E-state index < -0.39 is 5.97 Å². The molecule has 0 aliphatic heterocycles. The molecule has 11 heavy (non-hydrogen) atoms. The molecule has 0 rings (SSSR count). The van der Waals surface area contributed by atoms with Crippen molar-refractivity contribution in [2.24, 2.45) is 11.8 Å². The summed E-state index contributed by atoms with van der Waals surface area (Å²) in [6.45, 7) is 4.65. The van der Waals surface area contributed by atoms with Gasteiger partial charge in [0.05, 0.1) is 5.92 Å². The third-order valence-corrected chi connectivity index (χ3v) is 1.83. The second-order valence-corrected chi connectivity index (χ2v) is 3.08. The number of hydrogen-bond donors (Lipinski definition) is 2. The quantitative estimate of drug-likeness (QED) is 0.628. The number of aliphatic carboxylic acids is 1. The first-order valence-electron chi connectivity index (χ1n) is 3.97. The fourth-order valence-corrected chi connectivity index (χ4v) is 1.04. The number of nitrogens with one attached hydrogen (secondary N) is 1. The largest absolute Gasteiger partial charge is 0.481 e. The Morgan fingerprint density at radius 1 is 1.55 bits per heavy atom. The fourth-order valence-electron chi connectivity index (χ4n) is 1.04. The molecule has 0 aromatic heterocycles. The molecule has 3 heteroatoms. The summed E-state index contributed by atoms with van der Waals surface area (Å²) < 4.78 is 0. The van der Waals surface area contributed by atoms with Crippen LogP contribution in [0, 0.1) is 11.8 Å². The highest BCUT2D eigenvalue weighted by Gasteiger charge is 2.19. The van der Waals surface area contributed by atoms with Crippen LogP contribution in [0.4, 0.5) is 0 Å². The Morgan fingerprint density at radius 3 is 2.36 bits per heavy atom. The van der Waals surface area contributed by atoms with E-state index in [2.05, 4.69) is 5.32 Å². The van der Waals surface area contributed by atoms with Gasteiger partial charge in [0.2, 0.25) is 0 Å². The molecule has 0 aliphatic carbocycles. The van der Waals surface area contributed by atoms with Gasteiger partial charge in [0, 0.05) is 0 Å². The topological polar surface area (TPSA) is 49.3 Å². The molecule has 0 radical (unpaired) electrons. The zero-order valence-electron chi connectivity index (χ0n) is 7.42. The van der Waals surface area contributed by atoms with Gasteiger partial charge in [0.1, 0.15) is 0 Å². The number of hydrogen-bond acceptors (Lipinski definition) is 2. The lowest BCUT2D eigenvalue weighted by atomic mass is 9.93. The second-order valence-electron chi connectivity index (χ2n) is 3.08. The van der Waals surface area contributed by atoms with Crippen molar-refractivity contribution in [3.05, 3.63) is 0 Å². The van der Waals surface area contributed by atoms with Crippen molar-refractivity contribution in [2.45, 2.75) is 20.3 Å². The third kappa shape index (κ3) is 3.98. The Labute approximate surface area is 67.8 Å². The van der Waals surface area contributed by atoms with E-state index in [1.807, 2.05) is 20.9 Å². The third-order valence-electron chi connectivity index (χ3n) is 1.83. The summed E-state index contributed by atoms with van der Waals surface area (Å²) in [6, 6.07) is 0. The standard InChI is InChI=1S/C8H17NO2/c1-6(2)7(8(10)11)4-5-9-3/h6-7,9H,4-5H2,1-3H3,(H,10,11)/t7-/m1/s1. The first-order chi connectivity index (χ1) is 5.09. The summed E-state index contributed by atoms with van der Waals surface area (Å²) >= 11 is 0. The summed E-state index contributed by atoms with van der Waals surface area (Å²) in [7, 11) is 1.83. The highest BCUT2D eigenvalue weighted by Crippen LogP contribution is 2.14. The van der Waals surface area contributed by atoms with Crippen molar-refractivity contribution in [3.63, 3.8) is 0 Å². The molecule has 2 N–H and O–H groups in total. The van der Waals surface area contributed by atoms with Gasteiger partial charge >= 0.3 is 5.97 Å². The highest BCUT2D eigenvalue weighted by molar-refractivity contribution is 5.70. The number of carboxylic acids is 1. The van der Waals surface area contributed by atoms with Crippen molar-refractivity contribution >= 4 is 5.97 Å². The Balaban J connectivity index is 3.80. The Bertz CT molecular complexity index is 123. The van der Waals surface area contributed by atoms with Gasteiger partial charge in [-0.25, -0.2) is 0 Å². The summed E-state index contributed by atoms with van der Waals surface area (Å²) in [6.07, 6.45) is 0.712. The van der Waals surface area contributed by atoms with Gasteiger partial charge in [-0.2, -0.15) is 0 Å². The lowest BCUT2D eigenvalue weighted by Crippen LogP contribution is -2.24. The predicted molar refractivity (Wildman–Crippen MR) is 44.5 cm³/mol. The van der Waals surface area contributed by atoms with Crippen LogP contribution in [0.3, 0.4) is 0 Å². The molecule has 0 fully saturated rings. The molecule has 0 aromatic rings. The van der Waals surface area contributed by atoms with E-state index in [9.17, 15) is 4.79 Å². The Kier molecular flexibility index (Phi) is 4.86. The lowest BCUT2D eigenvalue weighted by molar-refractivity contribution is -0.143. The molecule has 0 saturated heterocycles. The average Bonchev–Trinajstić information content (AvgIpc) is 1.87. The minimum atomic E-state index is -0.685. The SMILES string of the molecule is CNCC[C@@H](C(=O)O)C(C)C. The maximum atomic E-state index is 10.6. The summed E-state index contributed by atoms with van der Waals surface area (Å²) in [5, 5.41) is 11.7. The molecule has 0 unspecified atom stereocenters. The zero-order chi connectivity index (χ0) is 8.85. The first kappa shape index (κ1) is 10.4. The second kappa shape index (κ2) is 5.13. The Morgan fingerprint density at radius 2 is 2.09 bits per heavy atom. The normalized spacial score (nSPS) is 13.5. The van der Waals surface area contributed by atoms with Gasteiger partial charge in [0.25, 0.3) is 0 Å². The minimum Gasteiger partial charge on any atom is -0.481 e. The molecule has 0 spiro atoms. The van der Waals surface area contributed by atoms with Crippen LogP contribution in [0.5, 0.6) is 0 Å². The molecule has 0 amide bonds. The molecule has 0 heterocycles. The summed E-state index contributed by atoms with van der Waals surface area (Å²) in [5.41, 5.74) is 0. The molecular weight excluding hydrogens is 142 g/mol. The van der Waals surface area contributed by atoms with Crippen molar-refractivity contribution < 1.29 is 9.90 Å². The number of carboxylic acid groups (broad SMARTS) is 1. The van der Waals surface area contributed by atoms with Crippen LogP contribution in [0.25, 0.3) is 0 Å². The van der Waals surface area contributed by atoms with E-state index in [1.54, 1.807) is 0 Å². The molecule has 66 valence electrons. The molecule has 3 nitrogen and oxygen atoms in total. The van der Waals surface area contributed by atoms with E-state index in [0.717, 1.165) is 6.54 Å². The van der Waals surface area contributed by atoms with Crippen LogP contribution in [0.15, 0.2) is 0 Å². The summed E-state index contributed by atoms with van der Waals surface area (Å²) in [4.78, 5) is 10.6. The van der Waals surface area contributed by atoms with E-state index >= 15 is 0 Å². The molecule has 1 atom stereocenters. The van der Waals surface area contributed by atoms with Crippen LogP contribution in [0.1, 0.15) is 20.3 Å². The van der Waals surface area contributed by atoms with Crippen LogP contribution in [-0.4, -0.2) is 24.7 Å². The first-order valence-corrected chi connectivity index (χ1v) is 3.97. The predicted octanol–water partition coefficient (Wildman–Crippen LogP) is 0.953. The van der Waals surface area contributed by atoms with E-state index in [0.29, 0.717) is 6.42 Å². The maximum absolute atomic E-state index is 10.6. The van der Waals surface area contributed by atoms with Gasteiger partial charge in [-0.05, 0) is 25.9 Å². The Hall–Kier alpha value is -0.570. The molecule has 0 bridgehead atoms. The van der Waals surface area contributed by atoms with Gasteiger partial charge in [-0.15, -0.1) is 0 Å². The van der Waals surface area contributed by atoms with Gasteiger partial charge in [-0.1, -0.05) is 13.8 Å². The van der Waals surface area contributed by atoms with Crippen LogP contribution in [-0.2, 0) is 4.79 Å². The van der Waals surface area contributed by atoms with Crippen molar-refractivity contribution in [3.8, 4) is 0 Å². The highest BCUT2D eigenvalue weighted by atomic mass is 16.4. The number of rotatable bonds is 5. The lowest BCUT2D eigenvalue weighted by Gasteiger charge is -2.15. The molecule has 0 aliphatic rings. The van der Waals surface area contributed by atoms with Gasteiger partial charge < -0.3 is 10.4 Å². The number of carbonyl (C=O) groups is 1.